The van der Waals surface area contributed by atoms with Crippen molar-refractivity contribution in [3.05, 3.63) is 29.6 Å². The van der Waals surface area contributed by atoms with E-state index in [9.17, 15) is 9.18 Å². The van der Waals surface area contributed by atoms with Crippen LogP contribution in [0.25, 0.3) is 0 Å². The first-order valence-corrected chi connectivity index (χ1v) is 5.88. The van der Waals surface area contributed by atoms with Crippen LogP contribution in [-0.4, -0.2) is 11.4 Å². The normalized spacial score (nSPS) is 18.1. The second kappa shape index (κ2) is 4.45. The number of hydrogen-bond donors (Lipinski definition) is 2. The van der Waals surface area contributed by atoms with Crippen molar-refractivity contribution in [3.8, 4) is 0 Å². The van der Waals surface area contributed by atoms with E-state index < -0.39 is 11.4 Å². The lowest BCUT2D eigenvalue weighted by Crippen LogP contribution is -2.48. The van der Waals surface area contributed by atoms with E-state index in [-0.39, 0.29) is 11.6 Å². The van der Waals surface area contributed by atoms with Gasteiger partial charge in [-0.3, -0.25) is 4.79 Å². The van der Waals surface area contributed by atoms with E-state index in [0.717, 1.165) is 18.4 Å². The Kier molecular flexibility index (Phi) is 3.15. The second-order valence-electron chi connectivity index (χ2n) is 4.80. The monoisotopic (exact) mass is 236 g/mol. The van der Waals surface area contributed by atoms with Crippen LogP contribution in [0.5, 0.6) is 0 Å². The van der Waals surface area contributed by atoms with Crippen molar-refractivity contribution in [2.24, 2.45) is 5.73 Å². The number of carbonyl (C=O) groups excluding carboxylic acids is 1. The molecule has 0 spiro atoms. The Labute approximate surface area is 100 Å². The number of rotatable bonds is 2. The molecule has 0 atom stereocenters. The zero-order valence-corrected chi connectivity index (χ0v) is 9.92. The minimum absolute atomic E-state index is 0.206. The maximum absolute atomic E-state index is 13.6. The molecule has 0 unspecified atom stereocenters. The lowest BCUT2D eigenvalue weighted by molar-refractivity contribution is -0.121. The van der Waals surface area contributed by atoms with E-state index >= 15 is 0 Å². The average Bonchev–Trinajstić information content (AvgIpc) is 2.71. The van der Waals surface area contributed by atoms with Crippen molar-refractivity contribution in [2.75, 3.05) is 5.32 Å². The molecule has 92 valence electrons. The molecule has 2 rings (SSSR count). The zero-order valence-electron chi connectivity index (χ0n) is 9.92. The van der Waals surface area contributed by atoms with E-state index in [4.69, 9.17) is 5.73 Å². The van der Waals surface area contributed by atoms with Crippen LogP contribution in [-0.2, 0) is 4.79 Å². The number of hydrogen-bond acceptors (Lipinski definition) is 2. The summed E-state index contributed by atoms with van der Waals surface area (Å²) in [5.74, 6) is -0.697. The number of nitrogens with two attached hydrogens (primary N) is 1. The van der Waals surface area contributed by atoms with Crippen LogP contribution in [0.15, 0.2) is 18.2 Å². The molecule has 0 radical (unpaired) electrons. The molecule has 1 saturated carbocycles. The van der Waals surface area contributed by atoms with E-state index in [0.29, 0.717) is 12.8 Å². The van der Waals surface area contributed by atoms with Crippen LogP contribution >= 0.6 is 0 Å². The van der Waals surface area contributed by atoms with Crippen LogP contribution in [0.1, 0.15) is 31.2 Å². The number of benzene rings is 1. The Hall–Kier alpha value is -1.42. The summed E-state index contributed by atoms with van der Waals surface area (Å²) in [6.07, 6.45) is 3.26. The van der Waals surface area contributed by atoms with Gasteiger partial charge in [0.15, 0.2) is 0 Å². The molecule has 1 aliphatic carbocycles. The quantitative estimate of drug-likeness (QED) is 0.828. The highest BCUT2D eigenvalue weighted by Gasteiger charge is 2.37. The van der Waals surface area contributed by atoms with Crippen molar-refractivity contribution in [1.29, 1.82) is 0 Å². The molecule has 0 heterocycles. The summed E-state index contributed by atoms with van der Waals surface area (Å²) >= 11 is 0. The molecule has 0 saturated heterocycles. The van der Waals surface area contributed by atoms with Crippen molar-refractivity contribution in [3.63, 3.8) is 0 Å². The fourth-order valence-corrected chi connectivity index (χ4v) is 2.20. The van der Waals surface area contributed by atoms with E-state index in [1.165, 1.54) is 6.07 Å². The Bertz CT molecular complexity index is 439. The third-order valence-electron chi connectivity index (χ3n) is 3.32. The molecule has 0 aromatic heterocycles. The topological polar surface area (TPSA) is 55.1 Å². The third-order valence-corrected chi connectivity index (χ3v) is 3.32. The van der Waals surface area contributed by atoms with Crippen molar-refractivity contribution in [1.82, 2.24) is 0 Å². The molecule has 4 heteroatoms. The number of anilines is 1. The molecule has 3 N–H and O–H groups in total. The fourth-order valence-electron chi connectivity index (χ4n) is 2.20. The van der Waals surface area contributed by atoms with Gasteiger partial charge in [-0.05, 0) is 37.5 Å². The van der Waals surface area contributed by atoms with Gasteiger partial charge in [0, 0.05) is 0 Å². The lowest BCUT2D eigenvalue weighted by Gasteiger charge is -2.22. The van der Waals surface area contributed by atoms with E-state index in [2.05, 4.69) is 5.32 Å². The number of halogens is 1. The van der Waals surface area contributed by atoms with Gasteiger partial charge in [-0.15, -0.1) is 0 Å². The molecule has 1 amide bonds. The molecular formula is C13H17FN2O. The van der Waals surface area contributed by atoms with Gasteiger partial charge < -0.3 is 11.1 Å². The highest BCUT2D eigenvalue weighted by molar-refractivity contribution is 5.98. The Morgan fingerprint density at radius 1 is 1.41 bits per heavy atom. The first-order chi connectivity index (χ1) is 8.01. The number of amides is 1. The predicted octanol–water partition coefficient (Wildman–Crippen LogP) is 2.34. The molecular weight excluding hydrogens is 219 g/mol. The Morgan fingerprint density at radius 3 is 2.65 bits per heavy atom. The number of nitrogens with one attached hydrogen (secondary N) is 1. The summed E-state index contributed by atoms with van der Waals surface area (Å²) in [7, 11) is 0. The SMILES string of the molecule is Cc1ccc(NC(=O)C2(N)CCCC2)c(F)c1. The standard InChI is InChI=1S/C13H17FN2O/c1-9-4-5-11(10(14)8-9)16-12(17)13(15)6-2-3-7-13/h4-5,8H,2-3,6-7,15H2,1H3,(H,16,17). The second-order valence-corrected chi connectivity index (χ2v) is 4.80. The van der Waals surface area contributed by atoms with Gasteiger partial charge in [0.2, 0.25) is 5.91 Å². The first kappa shape index (κ1) is 12.0. The summed E-state index contributed by atoms with van der Waals surface area (Å²) in [6.45, 7) is 1.80. The molecule has 17 heavy (non-hydrogen) atoms. The molecule has 1 aliphatic rings. The Balaban J connectivity index is 2.13. The lowest BCUT2D eigenvalue weighted by atomic mass is 9.98. The smallest absolute Gasteiger partial charge is 0.244 e. The van der Waals surface area contributed by atoms with Gasteiger partial charge in [0.05, 0.1) is 11.2 Å². The highest BCUT2D eigenvalue weighted by Crippen LogP contribution is 2.28. The van der Waals surface area contributed by atoms with Gasteiger partial charge in [-0.2, -0.15) is 0 Å². The summed E-state index contributed by atoms with van der Waals surface area (Å²) in [5.41, 5.74) is 6.20. The van der Waals surface area contributed by atoms with Crippen LogP contribution in [0, 0.1) is 12.7 Å². The fraction of sp³-hybridized carbons (Fsp3) is 0.462. The number of aryl methyl sites for hydroxylation is 1. The van der Waals surface area contributed by atoms with Crippen molar-refractivity contribution >= 4 is 11.6 Å². The van der Waals surface area contributed by atoms with E-state index in [1.54, 1.807) is 19.1 Å². The van der Waals surface area contributed by atoms with Gasteiger partial charge >= 0.3 is 0 Å². The van der Waals surface area contributed by atoms with Crippen LogP contribution in [0.4, 0.5) is 10.1 Å². The zero-order chi connectivity index (χ0) is 12.5. The van der Waals surface area contributed by atoms with Gasteiger partial charge in [-0.25, -0.2) is 4.39 Å². The van der Waals surface area contributed by atoms with Crippen LogP contribution < -0.4 is 11.1 Å². The molecule has 1 fully saturated rings. The molecule has 0 bridgehead atoms. The highest BCUT2D eigenvalue weighted by atomic mass is 19.1. The van der Waals surface area contributed by atoms with E-state index in [1.807, 2.05) is 0 Å². The Morgan fingerprint density at radius 2 is 2.06 bits per heavy atom. The minimum atomic E-state index is -0.822. The largest absolute Gasteiger partial charge is 0.322 e. The summed E-state index contributed by atoms with van der Waals surface area (Å²) in [4.78, 5) is 12.0. The summed E-state index contributed by atoms with van der Waals surface area (Å²) < 4.78 is 13.6. The van der Waals surface area contributed by atoms with Crippen LogP contribution in [0.2, 0.25) is 0 Å². The van der Waals surface area contributed by atoms with Gasteiger partial charge in [0.25, 0.3) is 0 Å². The molecule has 0 aliphatic heterocycles. The van der Waals surface area contributed by atoms with Gasteiger partial charge in [0.1, 0.15) is 5.82 Å². The molecule has 1 aromatic carbocycles. The first-order valence-electron chi connectivity index (χ1n) is 5.88. The average molecular weight is 236 g/mol. The maximum atomic E-state index is 13.6. The summed E-state index contributed by atoms with van der Waals surface area (Å²) in [6, 6.07) is 4.73. The maximum Gasteiger partial charge on any atom is 0.244 e. The minimum Gasteiger partial charge on any atom is -0.322 e. The third kappa shape index (κ3) is 2.47. The van der Waals surface area contributed by atoms with Crippen molar-refractivity contribution < 1.29 is 9.18 Å². The summed E-state index contributed by atoms with van der Waals surface area (Å²) in [5, 5.41) is 2.58. The number of carbonyl (C=O) groups is 1. The predicted molar refractivity (Wildman–Crippen MR) is 65.2 cm³/mol. The molecule has 3 nitrogen and oxygen atoms in total. The van der Waals surface area contributed by atoms with Crippen molar-refractivity contribution in [2.45, 2.75) is 38.1 Å². The van der Waals surface area contributed by atoms with Gasteiger partial charge in [-0.1, -0.05) is 18.9 Å². The van der Waals surface area contributed by atoms with Crippen LogP contribution in [0.3, 0.4) is 0 Å². The molecule has 1 aromatic rings.